The quantitative estimate of drug-likeness (QED) is 0.474. The van der Waals surface area contributed by atoms with Crippen LogP contribution in [0, 0.1) is 0 Å². The normalized spacial score (nSPS) is 15.2. The van der Waals surface area contributed by atoms with Crippen molar-refractivity contribution in [2.45, 2.75) is 12.6 Å². The Morgan fingerprint density at radius 1 is 0.462 bits per heavy atom. The van der Waals surface area contributed by atoms with Gasteiger partial charge in [0.05, 0.1) is 0 Å². The van der Waals surface area contributed by atoms with E-state index in [4.69, 9.17) is 0 Å². The molecule has 0 aromatic carbocycles. The van der Waals surface area contributed by atoms with E-state index in [0.717, 1.165) is 0 Å². The molecule has 0 saturated heterocycles. The number of alkyl halides is 9. The van der Waals surface area contributed by atoms with Gasteiger partial charge in [0.25, 0.3) is 0 Å². The van der Waals surface area contributed by atoms with Crippen LogP contribution in [0.15, 0.2) is 0 Å². The Balaban J connectivity index is 5.02. The van der Waals surface area contributed by atoms with Crippen molar-refractivity contribution in [1.82, 2.24) is 0 Å². The standard InChI is InChI=1S/3CF3.Sn.H/c3*2-1(3)4;;. The fourth-order valence-corrected chi connectivity index (χ4v) is 3.73. The summed E-state index contributed by atoms with van der Waals surface area (Å²) >= 11 is -7.58. The summed E-state index contributed by atoms with van der Waals surface area (Å²) in [6, 6.07) is 0. The van der Waals surface area contributed by atoms with Gasteiger partial charge in [0, 0.05) is 0 Å². The zero-order valence-electron chi connectivity index (χ0n) is 5.48. The Bertz CT molecular complexity index is 137. The van der Waals surface area contributed by atoms with Gasteiger partial charge in [-0.3, -0.25) is 0 Å². The molecular weight excluding hydrogens is 326 g/mol. The molecule has 0 unspecified atom stereocenters. The predicted molar refractivity (Wildman–Crippen MR) is 25.3 cm³/mol. The van der Waals surface area contributed by atoms with Crippen LogP contribution in [0.3, 0.4) is 0 Å². The van der Waals surface area contributed by atoms with E-state index in [-0.39, 0.29) is 0 Å². The van der Waals surface area contributed by atoms with Crippen LogP contribution in [0.4, 0.5) is 39.5 Å². The molecule has 0 aromatic rings. The van der Waals surface area contributed by atoms with Crippen LogP contribution in [-0.2, 0) is 0 Å². The average molecular weight is 327 g/mol. The molecule has 0 N–H and O–H groups in total. The van der Waals surface area contributed by atoms with Crippen molar-refractivity contribution in [1.29, 1.82) is 0 Å². The SMILES string of the molecule is F[C](F)(F)[SnH]([C](F)(F)F)[C](F)(F)F. The van der Waals surface area contributed by atoms with E-state index in [1.54, 1.807) is 0 Å². The topological polar surface area (TPSA) is 0 Å². The van der Waals surface area contributed by atoms with E-state index >= 15 is 0 Å². The maximum atomic E-state index is 11.4. The predicted octanol–water partition coefficient (Wildman–Crippen LogP) is 2.52. The molecule has 0 aliphatic rings. The first-order valence-electron chi connectivity index (χ1n) is 2.57. The molecule has 0 aliphatic heterocycles. The summed E-state index contributed by atoms with van der Waals surface area (Å²) in [5.41, 5.74) is 0. The summed E-state index contributed by atoms with van der Waals surface area (Å²) in [7, 11) is 0. The van der Waals surface area contributed by atoms with Gasteiger partial charge >= 0.3 is 71.8 Å². The third-order valence-electron chi connectivity index (χ3n) is 0.982. The van der Waals surface area contributed by atoms with Crippen LogP contribution >= 0.6 is 0 Å². The van der Waals surface area contributed by atoms with Crippen molar-refractivity contribution in [3.05, 3.63) is 0 Å². The van der Waals surface area contributed by atoms with Crippen LogP contribution in [0.2, 0.25) is 0 Å². The van der Waals surface area contributed by atoms with Crippen LogP contribution in [0.1, 0.15) is 0 Å². The molecule has 0 radical (unpaired) electrons. The molecule has 0 saturated carbocycles. The van der Waals surface area contributed by atoms with E-state index in [2.05, 4.69) is 0 Å². The van der Waals surface area contributed by atoms with Crippen LogP contribution < -0.4 is 0 Å². The van der Waals surface area contributed by atoms with Gasteiger partial charge in [-0.05, 0) is 0 Å². The number of halogens is 9. The average Bonchev–Trinajstić information content (AvgIpc) is 1.44. The van der Waals surface area contributed by atoms with Crippen molar-refractivity contribution in [3.8, 4) is 0 Å². The molecule has 10 heteroatoms. The molecule has 0 aliphatic carbocycles. The van der Waals surface area contributed by atoms with Crippen molar-refractivity contribution in [2.24, 2.45) is 0 Å². The minimum absolute atomic E-state index is 6.15. The van der Waals surface area contributed by atoms with Crippen molar-refractivity contribution >= 4 is 19.8 Å². The van der Waals surface area contributed by atoms with E-state index in [1.165, 1.54) is 0 Å². The second-order valence-electron chi connectivity index (χ2n) is 2.06. The molecule has 80 valence electrons. The van der Waals surface area contributed by atoms with E-state index < -0.39 is 32.3 Å². The molecule has 0 nitrogen and oxygen atoms in total. The first-order chi connectivity index (χ1) is 5.37. The first-order valence-corrected chi connectivity index (χ1v) is 7.51. The number of hydrogen-bond donors (Lipinski definition) is 0. The summed E-state index contributed by atoms with van der Waals surface area (Å²) < 4.78 is 83.8. The summed E-state index contributed by atoms with van der Waals surface area (Å²) in [5.74, 6) is 0. The minimum atomic E-state index is -7.58. The summed E-state index contributed by atoms with van der Waals surface area (Å²) in [6.45, 7) is 0. The second kappa shape index (κ2) is 3.39. The Morgan fingerprint density at radius 2 is 0.615 bits per heavy atom. The van der Waals surface area contributed by atoms with E-state index in [0.29, 0.717) is 0 Å². The Labute approximate surface area is 72.4 Å². The van der Waals surface area contributed by atoms with Gasteiger partial charge in [-0.25, -0.2) is 0 Å². The van der Waals surface area contributed by atoms with Gasteiger partial charge in [0.15, 0.2) is 0 Å². The van der Waals surface area contributed by atoms with Gasteiger partial charge in [-0.1, -0.05) is 0 Å². The molecule has 0 atom stereocenters. The molecule has 13 heavy (non-hydrogen) atoms. The first kappa shape index (κ1) is 13.2. The third-order valence-corrected chi connectivity index (χ3v) is 6.59. The van der Waals surface area contributed by atoms with Gasteiger partial charge in [-0.2, -0.15) is 0 Å². The van der Waals surface area contributed by atoms with Crippen LogP contribution in [-0.4, -0.2) is 32.3 Å². The molecule has 0 rings (SSSR count). The van der Waals surface area contributed by atoms with Gasteiger partial charge in [0.1, 0.15) is 0 Å². The number of hydrogen-bond acceptors (Lipinski definition) is 0. The second-order valence-corrected chi connectivity index (χ2v) is 10.1. The van der Waals surface area contributed by atoms with Crippen LogP contribution in [0.25, 0.3) is 0 Å². The van der Waals surface area contributed by atoms with Crippen molar-refractivity contribution in [3.63, 3.8) is 0 Å². The van der Waals surface area contributed by atoms with E-state index in [9.17, 15) is 39.5 Å². The van der Waals surface area contributed by atoms with Gasteiger partial charge < -0.3 is 0 Å². The van der Waals surface area contributed by atoms with Gasteiger partial charge in [0.2, 0.25) is 0 Å². The molecule has 0 aromatic heterocycles. The van der Waals surface area contributed by atoms with E-state index in [1.807, 2.05) is 0 Å². The van der Waals surface area contributed by atoms with Gasteiger partial charge in [-0.15, -0.1) is 0 Å². The Kier molecular flexibility index (Phi) is 3.43. The zero-order valence-corrected chi connectivity index (χ0v) is 8.77. The van der Waals surface area contributed by atoms with Crippen molar-refractivity contribution < 1.29 is 39.5 Å². The van der Waals surface area contributed by atoms with Crippen molar-refractivity contribution in [2.75, 3.05) is 0 Å². The molecular formula is C3HF9Sn. The molecule has 0 amide bonds. The molecule has 0 bridgehead atoms. The molecule has 0 spiro atoms. The Morgan fingerprint density at radius 3 is 0.615 bits per heavy atom. The number of rotatable bonds is 0. The third kappa shape index (κ3) is 3.81. The fourth-order valence-electron chi connectivity index (χ4n) is 0.557. The summed E-state index contributed by atoms with van der Waals surface area (Å²) in [4.78, 5) is 0. The Hall–Kier alpha value is 0.169. The zero-order chi connectivity index (χ0) is 11.1. The fraction of sp³-hybridized carbons (Fsp3) is 1.00. The summed E-state index contributed by atoms with van der Waals surface area (Å²) in [5, 5.41) is 0. The molecule has 0 heterocycles. The monoisotopic (exact) mass is 328 g/mol. The molecule has 0 fully saturated rings. The maximum absolute atomic E-state index is 11.4. The van der Waals surface area contributed by atoms with Crippen LogP contribution in [0.5, 0.6) is 0 Å². The summed E-state index contributed by atoms with van der Waals surface area (Å²) in [6.07, 6.45) is 0.